The summed E-state index contributed by atoms with van der Waals surface area (Å²) in [6.07, 6.45) is 9.53. The van der Waals surface area contributed by atoms with Crippen LogP contribution in [0.2, 0.25) is 0 Å². The van der Waals surface area contributed by atoms with Crippen molar-refractivity contribution < 1.29 is 0 Å². The molecule has 0 bridgehead atoms. The molecule has 0 aliphatic heterocycles. The Hall–Kier alpha value is -0.570. The zero-order chi connectivity index (χ0) is 11.0. The lowest BCUT2D eigenvalue weighted by molar-refractivity contribution is 0.428. The highest BCUT2D eigenvalue weighted by Crippen LogP contribution is 2.49. The fraction of sp³-hybridized carbons (Fsp3) is 0.615. The van der Waals surface area contributed by atoms with Crippen LogP contribution < -0.4 is 5.32 Å². The van der Waals surface area contributed by atoms with Gasteiger partial charge in [-0.05, 0) is 65.4 Å². The highest BCUT2D eigenvalue weighted by Gasteiger charge is 2.40. The smallest absolute Gasteiger partial charge is 0.0590 e. The minimum atomic E-state index is 0.917. The number of hydrogen-bond acceptors (Lipinski definition) is 2. The van der Waals surface area contributed by atoms with E-state index in [0.717, 1.165) is 28.8 Å². The number of hydrogen-bond donors (Lipinski definition) is 1. The van der Waals surface area contributed by atoms with Gasteiger partial charge in [-0.25, -0.2) is 0 Å². The van der Waals surface area contributed by atoms with E-state index in [2.05, 4.69) is 26.2 Å². The first kappa shape index (κ1) is 10.6. The molecule has 0 radical (unpaired) electrons. The molecular weight excluding hydrogens is 264 g/mol. The predicted octanol–water partition coefficient (Wildman–Crippen LogP) is 3.69. The van der Waals surface area contributed by atoms with Gasteiger partial charge in [0.2, 0.25) is 0 Å². The Balaban J connectivity index is 1.60. The van der Waals surface area contributed by atoms with Crippen LogP contribution in [0.3, 0.4) is 0 Å². The molecule has 1 heterocycles. The van der Waals surface area contributed by atoms with Gasteiger partial charge in [-0.1, -0.05) is 0 Å². The van der Waals surface area contributed by atoms with Crippen LogP contribution in [0.25, 0.3) is 0 Å². The van der Waals surface area contributed by atoms with Crippen LogP contribution in [0.1, 0.15) is 25.7 Å². The Labute approximate surface area is 105 Å². The number of anilines is 1. The normalized spacial score (nSPS) is 20.1. The minimum Gasteiger partial charge on any atom is -0.384 e. The summed E-state index contributed by atoms with van der Waals surface area (Å²) < 4.78 is 1.07. The van der Waals surface area contributed by atoms with Crippen LogP contribution in [0.15, 0.2) is 22.9 Å². The monoisotopic (exact) mass is 280 g/mol. The maximum Gasteiger partial charge on any atom is 0.0590 e. The van der Waals surface area contributed by atoms with Crippen molar-refractivity contribution in [2.75, 3.05) is 11.9 Å². The van der Waals surface area contributed by atoms with E-state index in [1.807, 2.05) is 18.5 Å². The molecule has 2 saturated carbocycles. The summed E-state index contributed by atoms with van der Waals surface area (Å²) in [4.78, 5) is 4.08. The molecule has 1 aromatic rings. The number of pyridine rings is 1. The third kappa shape index (κ3) is 2.40. The van der Waals surface area contributed by atoms with Crippen LogP contribution in [0.5, 0.6) is 0 Å². The van der Waals surface area contributed by atoms with Crippen LogP contribution in [0, 0.1) is 17.8 Å². The van der Waals surface area contributed by atoms with Crippen molar-refractivity contribution in [2.45, 2.75) is 25.7 Å². The third-order valence-electron chi connectivity index (χ3n) is 3.76. The van der Waals surface area contributed by atoms with Gasteiger partial charge in [-0.3, -0.25) is 4.98 Å². The number of nitrogens with zero attached hydrogens (tertiary/aromatic N) is 1. The van der Waals surface area contributed by atoms with Gasteiger partial charge < -0.3 is 5.32 Å². The summed E-state index contributed by atoms with van der Waals surface area (Å²) in [5.41, 5.74) is 1.18. The van der Waals surface area contributed by atoms with Crippen LogP contribution in [0.4, 0.5) is 5.69 Å². The SMILES string of the molecule is Brc1cnccc1NCC(C1CC1)C1CC1. The Bertz CT molecular complexity index is 360. The van der Waals surface area contributed by atoms with Crippen molar-refractivity contribution in [1.29, 1.82) is 0 Å². The van der Waals surface area contributed by atoms with Crippen molar-refractivity contribution in [3.8, 4) is 0 Å². The van der Waals surface area contributed by atoms with Crippen molar-refractivity contribution >= 4 is 21.6 Å². The van der Waals surface area contributed by atoms with Crippen LogP contribution in [-0.4, -0.2) is 11.5 Å². The lowest BCUT2D eigenvalue weighted by Crippen LogP contribution is -2.18. The fourth-order valence-electron chi connectivity index (χ4n) is 2.51. The highest BCUT2D eigenvalue weighted by molar-refractivity contribution is 9.10. The Morgan fingerprint density at radius 2 is 2.00 bits per heavy atom. The summed E-state index contributed by atoms with van der Waals surface area (Å²) in [6, 6.07) is 2.04. The molecule has 86 valence electrons. The molecule has 1 aromatic heterocycles. The van der Waals surface area contributed by atoms with E-state index < -0.39 is 0 Å². The lowest BCUT2D eigenvalue weighted by atomic mass is 9.98. The van der Waals surface area contributed by atoms with E-state index in [-0.39, 0.29) is 0 Å². The first-order valence-corrected chi connectivity index (χ1v) is 6.97. The van der Waals surface area contributed by atoms with Crippen molar-refractivity contribution in [3.05, 3.63) is 22.9 Å². The summed E-state index contributed by atoms with van der Waals surface area (Å²) in [5.74, 6) is 2.95. The molecule has 0 unspecified atom stereocenters. The molecule has 16 heavy (non-hydrogen) atoms. The molecule has 0 saturated heterocycles. The molecule has 0 aromatic carbocycles. The van der Waals surface area contributed by atoms with Crippen LogP contribution in [-0.2, 0) is 0 Å². The Morgan fingerprint density at radius 3 is 2.56 bits per heavy atom. The van der Waals surface area contributed by atoms with Gasteiger partial charge in [0.05, 0.1) is 10.2 Å². The van der Waals surface area contributed by atoms with E-state index in [4.69, 9.17) is 0 Å². The maximum atomic E-state index is 4.08. The van der Waals surface area contributed by atoms with Crippen molar-refractivity contribution in [2.24, 2.45) is 17.8 Å². The molecule has 0 amide bonds. The van der Waals surface area contributed by atoms with E-state index in [9.17, 15) is 0 Å². The van der Waals surface area contributed by atoms with E-state index in [0.29, 0.717) is 0 Å². The van der Waals surface area contributed by atoms with E-state index in [1.165, 1.54) is 31.4 Å². The van der Waals surface area contributed by atoms with Crippen molar-refractivity contribution in [3.63, 3.8) is 0 Å². The van der Waals surface area contributed by atoms with Gasteiger partial charge >= 0.3 is 0 Å². The molecule has 0 atom stereocenters. The Kier molecular flexibility index (Phi) is 2.88. The number of rotatable bonds is 5. The second kappa shape index (κ2) is 4.36. The van der Waals surface area contributed by atoms with Gasteiger partial charge in [0.25, 0.3) is 0 Å². The molecule has 2 aliphatic rings. The summed E-state index contributed by atoms with van der Waals surface area (Å²) in [5, 5.41) is 3.57. The quantitative estimate of drug-likeness (QED) is 0.890. The molecule has 3 rings (SSSR count). The molecule has 2 nitrogen and oxygen atoms in total. The molecule has 2 fully saturated rings. The lowest BCUT2D eigenvalue weighted by Gasteiger charge is -2.17. The first-order chi connectivity index (χ1) is 7.84. The maximum absolute atomic E-state index is 4.08. The number of halogens is 1. The van der Waals surface area contributed by atoms with Crippen molar-refractivity contribution in [1.82, 2.24) is 4.98 Å². The van der Waals surface area contributed by atoms with Crippen LogP contribution >= 0.6 is 15.9 Å². The number of aromatic nitrogens is 1. The molecule has 3 heteroatoms. The molecule has 1 N–H and O–H groups in total. The first-order valence-electron chi connectivity index (χ1n) is 6.18. The standard InChI is InChI=1S/C13H17BrN2/c14-12-8-15-6-5-13(12)16-7-11(9-1-2-9)10-3-4-10/h5-6,8-11H,1-4,7H2,(H,15,16). The third-order valence-corrected chi connectivity index (χ3v) is 4.39. The average molecular weight is 281 g/mol. The van der Waals surface area contributed by atoms with Gasteiger partial charge in [-0.2, -0.15) is 0 Å². The predicted molar refractivity (Wildman–Crippen MR) is 69.4 cm³/mol. The molecule has 2 aliphatic carbocycles. The van der Waals surface area contributed by atoms with Gasteiger partial charge in [0.1, 0.15) is 0 Å². The summed E-state index contributed by atoms with van der Waals surface area (Å²) in [7, 11) is 0. The zero-order valence-corrected chi connectivity index (χ0v) is 10.9. The van der Waals surface area contributed by atoms with E-state index in [1.54, 1.807) is 0 Å². The Morgan fingerprint density at radius 1 is 1.31 bits per heavy atom. The molecule has 0 spiro atoms. The largest absolute Gasteiger partial charge is 0.384 e. The zero-order valence-electron chi connectivity index (χ0n) is 9.32. The summed E-state index contributed by atoms with van der Waals surface area (Å²) >= 11 is 3.53. The number of nitrogens with one attached hydrogen (secondary N) is 1. The minimum absolute atomic E-state index is 0.917. The van der Waals surface area contributed by atoms with E-state index >= 15 is 0 Å². The van der Waals surface area contributed by atoms with Gasteiger partial charge in [0.15, 0.2) is 0 Å². The average Bonchev–Trinajstić information content (AvgIpc) is 3.15. The van der Waals surface area contributed by atoms with Gasteiger partial charge in [-0.15, -0.1) is 0 Å². The second-order valence-electron chi connectivity index (χ2n) is 5.08. The summed E-state index contributed by atoms with van der Waals surface area (Å²) in [6.45, 7) is 1.14. The topological polar surface area (TPSA) is 24.9 Å². The second-order valence-corrected chi connectivity index (χ2v) is 5.93. The van der Waals surface area contributed by atoms with Gasteiger partial charge in [0, 0.05) is 18.9 Å². The molecular formula is C13H17BrN2. The fourth-order valence-corrected chi connectivity index (χ4v) is 2.90. The highest BCUT2D eigenvalue weighted by atomic mass is 79.9.